The molecular formula is C16H29N3O2. The van der Waals surface area contributed by atoms with E-state index in [-0.39, 0.29) is 0 Å². The fourth-order valence-electron chi connectivity index (χ4n) is 3.83. The number of nitrogens with one attached hydrogen (secondary N) is 1. The van der Waals surface area contributed by atoms with Crippen LogP contribution in [0.5, 0.6) is 0 Å². The van der Waals surface area contributed by atoms with Crippen molar-refractivity contribution < 1.29 is 9.90 Å². The van der Waals surface area contributed by atoms with Crippen molar-refractivity contribution in [3.05, 3.63) is 0 Å². The Morgan fingerprint density at radius 2 is 2.10 bits per heavy atom. The first-order valence-electron chi connectivity index (χ1n) is 8.54. The van der Waals surface area contributed by atoms with E-state index in [1.54, 1.807) is 0 Å². The second kappa shape index (κ2) is 6.23. The van der Waals surface area contributed by atoms with Gasteiger partial charge < -0.3 is 10.0 Å². The van der Waals surface area contributed by atoms with Gasteiger partial charge in [0.1, 0.15) is 5.54 Å². The van der Waals surface area contributed by atoms with Crippen molar-refractivity contribution in [2.24, 2.45) is 0 Å². The van der Waals surface area contributed by atoms with Crippen LogP contribution in [0.1, 0.15) is 45.4 Å². The Hall–Kier alpha value is -0.650. The molecule has 1 saturated carbocycles. The Morgan fingerprint density at radius 3 is 2.81 bits per heavy atom. The number of aliphatic carboxylic acids is 1. The molecule has 3 fully saturated rings. The quantitative estimate of drug-likeness (QED) is 0.738. The molecule has 2 saturated heterocycles. The molecule has 3 aliphatic rings. The van der Waals surface area contributed by atoms with E-state index in [1.807, 2.05) is 6.92 Å². The minimum absolute atomic E-state index is 0.438. The Balaban J connectivity index is 1.42. The van der Waals surface area contributed by atoms with Crippen LogP contribution in [0.3, 0.4) is 0 Å². The summed E-state index contributed by atoms with van der Waals surface area (Å²) in [5.41, 5.74) is -0.740. The third kappa shape index (κ3) is 3.76. The van der Waals surface area contributed by atoms with E-state index < -0.39 is 11.5 Å². The molecule has 0 bridgehead atoms. The SMILES string of the molecule is CC(CCCN1CCN2CCCC2C1)(NC1CC1)C(=O)O. The maximum absolute atomic E-state index is 11.5. The lowest BCUT2D eigenvalue weighted by Crippen LogP contribution is -2.52. The van der Waals surface area contributed by atoms with E-state index in [9.17, 15) is 9.90 Å². The number of carboxylic acids is 1. The molecule has 1 aliphatic carbocycles. The Labute approximate surface area is 127 Å². The standard InChI is InChI=1S/C16H29N3O2/c1-16(15(20)21,17-13-5-6-13)7-3-8-18-10-11-19-9-2-4-14(19)12-18/h13-14,17H,2-12H2,1H3,(H,20,21). The predicted octanol–water partition coefficient (Wildman–Crippen LogP) is 1.14. The summed E-state index contributed by atoms with van der Waals surface area (Å²) in [6.07, 6.45) is 6.64. The molecule has 2 heterocycles. The number of fused-ring (bicyclic) bond motifs is 1. The first kappa shape index (κ1) is 15.3. The summed E-state index contributed by atoms with van der Waals surface area (Å²) in [5.74, 6) is -0.699. The van der Waals surface area contributed by atoms with Crippen molar-refractivity contribution in [2.45, 2.75) is 63.1 Å². The van der Waals surface area contributed by atoms with Crippen molar-refractivity contribution in [3.8, 4) is 0 Å². The lowest BCUT2D eigenvalue weighted by molar-refractivity contribution is -0.144. The zero-order valence-corrected chi connectivity index (χ0v) is 13.2. The van der Waals surface area contributed by atoms with Crippen LogP contribution in [0, 0.1) is 0 Å². The van der Waals surface area contributed by atoms with Crippen LogP contribution >= 0.6 is 0 Å². The van der Waals surface area contributed by atoms with Gasteiger partial charge in [-0.1, -0.05) is 0 Å². The molecule has 2 unspecified atom stereocenters. The number of piperazine rings is 1. The van der Waals surface area contributed by atoms with Crippen LogP contribution in [0.25, 0.3) is 0 Å². The largest absolute Gasteiger partial charge is 0.480 e. The molecule has 2 N–H and O–H groups in total. The molecule has 0 radical (unpaired) electrons. The maximum atomic E-state index is 11.5. The summed E-state index contributed by atoms with van der Waals surface area (Å²) in [6, 6.07) is 1.20. The van der Waals surface area contributed by atoms with E-state index in [0.29, 0.717) is 6.04 Å². The van der Waals surface area contributed by atoms with Crippen molar-refractivity contribution in [1.29, 1.82) is 0 Å². The summed E-state index contributed by atoms with van der Waals surface area (Å²) in [7, 11) is 0. The minimum Gasteiger partial charge on any atom is -0.480 e. The molecule has 2 atom stereocenters. The average molecular weight is 295 g/mol. The second-order valence-corrected chi connectivity index (χ2v) is 7.29. The number of nitrogens with zero attached hydrogens (tertiary/aromatic N) is 2. The summed E-state index contributed by atoms with van der Waals surface area (Å²) >= 11 is 0. The lowest BCUT2D eigenvalue weighted by Gasteiger charge is -2.38. The van der Waals surface area contributed by atoms with Gasteiger partial charge in [-0.25, -0.2) is 0 Å². The fourth-order valence-corrected chi connectivity index (χ4v) is 3.83. The normalized spacial score (nSPS) is 30.0. The molecule has 5 heteroatoms. The zero-order valence-electron chi connectivity index (χ0n) is 13.2. The van der Waals surface area contributed by atoms with Gasteiger partial charge in [-0.05, 0) is 58.5 Å². The summed E-state index contributed by atoms with van der Waals surface area (Å²) < 4.78 is 0. The highest BCUT2D eigenvalue weighted by Gasteiger charge is 2.38. The van der Waals surface area contributed by atoms with Gasteiger partial charge in [-0.15, -0.1) is 0 Å². The molecule has 21 heavy (non-hydrogen) atoms. The van der Waals surface area contributed by atoms with Crippen molar-refractivity contribution >= 4 is 5.97 Å². The highest BCUT2D eigenvalue weighted by molar-refractivity contribution is 5.78. The van der Waals surface area contributed by atoms with Gasteiger partial charge in [-0.3, -0.25) is 15.0 Å². The molecule has 3 rings (SSSR count). The molecule has 5 nitrogen and oxygen atoms in total. The van der Waals surface area contributed by atoms with Crippen LogP contribution < -0.4 is 5.32 Å². The van der Waals surface area contributed by atoms with E-state index in [4.69, 9.17) is 0 Å². The number of carbonyl (C=O) groups is 1. The third-order valence-electron chi connectivity index (χ3n) is 5.39. The molecular weight excluding hydrogens is 266 g/mol. The number of carboxylic acid groups (broad SMARTS) is 1. The highest BCUT2D eigenvalue weighted by atomic mass is 16.4. The molecule has 0 spiro atoms. The van der Waals surface area contributed by atoms with Gasteiger partial charge >= 0.3 is 5.97 Å². The number of rotatable bonds is 7. The average Bonchev–Trinajstić information content (AvgIpc) is 3.13. The van der Waals surface area contributed by atoms with Gasteiger partial charge in [0.2, 0.25) is 0 Å². The first-order chi connectivity index (χ1) is 10.1. The predicted molar refractivity (Wildman–Crippen MR) is 82.5 cm³/mol. The van der Waals surface area contributed by atoms with E-state index in [2.05, 4.69) is 15.1 Å². The zero-order chi connectivity index (χ0) is 14.9. The molecule has 0 aromatic rings. The van der Waals surface area contributed by atoms with Crippen LogP contribution in [0.4, 0.5) is 0 Å². The van der Waals surface area contributed by atoms with Gasteiger partial charge in [0.05, 0.1) is 0 Å². The van der Waals surface area contributed by atoms with Crippen molar-refractivity contribution in [1.82, 2.24) is 15.1 Å². The number of hydrogen-bond donors (Lipinski definition) is 2. The topological polar surface area (TPSA) is 55.8 Å². The minimum atomic E-state index is -0.740. The molecule has 0 amide bonds. The molecule has 2 aliphatic heterocycles. The Bertz CT molecular complexity index is 386. The monoisotopic (exact) mass is 295 g/mol. The second-order valence-electron chi connectivity index (χ2n) is 7.29. The van der Waals surface area contributed by atoms with Gasteiger partial charge in [-0.2, -0.15) is 0 Å². The van der Waals surface area contributed by atoms with E-state index >= 15 is 0 Å². The van der Waals surface area contributed by atoms with Gasteiger partial charge in [0.15, 0.2) is 0 Å². The molecule has 0 aromatic carbocycles. The van der Waals surface area contributed by atoms with Gasteiger partial charge in [0, 0.05) is 31.7 Å². The fraction of sp³-hybridized carbons (Fsp3) is 0.938. The van der Waals surface area contributed by atoms with Crippen LogP contribution in [0.2, 0.25) is 0 Å². The van der Waals surface area contributed by atoms with Crippen molar-refractivity contribution in [2.75, 3.05) is 32.7 Å². The smallest absolute Gasteiger partial charge is 0.323 e. The first-order valence-corrected chi connectivity index (χ1v) is 8.54. The summed E-state index contributed by atoms with van der Waals surface area (Å²) in [6.45, 7) is 7.69. The van der Waals surface area contributed by atoms with Gasteiger partial charge in [0.25, 0.3) is 0 Å². The van der Waals surface area contributed by atoms with E-state index in [0.717, 1.165) is 44.8 Å². The summed E-state index contributed by atoms with van der Waals surface area (Å²) in [4.78, 5) is 16.7. The van der Waals surface area contributed by atoms with E-state index in [1.165, 1.54) is 32.5 Å². The summed E-state index contributed by atoms with van der Waals surface area (Å²) in [5, 5.41) is 12.8. The third-order valence-corrected chi connectivity index (χ3v) is 5.39. The van der Waals surface area contributed by atoms with Crippen LogP contribution in [-0.4, -0.2) is 71.2 Å². The Morgan fingerprint density at radius 1 is 1.29 bits per heavy atom. The maximum Gasteiger partial charge on any atom is 0.323 e. The van der Waals surface area contributed by atoms with Crippen molar-refractivity contribution in [3.63, 3.8) is 0 Å². The molecule has 0 aromatic heterocycles. The van der Waals surface area contributed by atoms with Crippen LogP contribution in [0.15, 0.2) is 0 Å². The molecule has 120 valence electrons. The highest BCUT2D eigenvalue weighted by Crippen LogP contribution is 2.26. The Kier molecular flexibility index (Phi) is 4.52. The van der Waals surface area contributed by atoms with Crippen LogP contribution in [-0.2, 0) is 4.79 Å². The number of hydrogen-bond acceptors (Lipinski definition) is 4. The lowest BCUT2D eigenvalue weighted by atomic mass is 9.95.